The molecule has 216 valence electrons. The Morgan fingerprint density at radius 1 is 1.10 bits per heavy atom. The molecule has 5 rings (SSSR count). The van der Waals surface area contributed by atoms with Gasteiger partial charge in [0.1, 0.15) is 24.5 Å². The molecule has 41 heavy (non-hydrogen) atoms. The summed E-state index contributed by atoms with van der Waals surface area (Å²) in [7, 11) is 0. The van der Waals surface area contributed by atoms with Gasteiger partial charge in [0.15, 0.2) is 5.13 Å². The maximum Gasteiger partial charge on any atom is 0.316 e. The van der Waals surface area contributed by atoms with Gasteiger partial charge in [-0.15, -0.1) is 11.3 Å². The Morgan fingerprint density at radius 3 is 2.56 bits per heavy atom. The minimum absolute atomic E-state index is 0.00624. The average molecular weight is 598 g/mol. The molecule has 4 heterocycles. The number of aromatic nitrogens is 2. The van der Waals surface area contributed by atoms with Gasteiger partial charge in [0.2, 0.25) is 0 Å². The molecule has 5 amide bonds. The van der Waals surface area contributed by atoms with E-state index >= 15 is 0 Å². The summed E-state index contributed by atoms with van der Waals surface area (Å²) < 4.78 is 5.49. The van der Waals surface area contributed by atoms with E-state index in [0.29, 0.717) is 27.6 Å². The summed E-state index contributed by atoms with van der Waals surface area (Å²) in [5.74, 6) is -1.07. The van der Waals surface area contributed by atoms with Crippen LogP contribution < -0.4 is 21.3 Å². The number of amides is 5. The molecule has 0 spiro atoms. The van der Waals surface area contributed by atoms with Gasteiger partial charge in [-0.2, -0.15) is 11.3 Å². The van der Waals surface area contributed by atoms with Gasteiger partial charge < -0.3 is 30.9 Å². The first kappa shape index (κ1) is 28.6. The molecule has 0 bridgehead atoms. The van der Waals surface area contributed by atoms with Crippen molar-refractivity contribution in [3.8, 4) is 11.4 Å². The largest absolute Gasteiger partial charge is 0.358 e. The molecule has 2 aliphatic rings. The Kier molecular flexibility index (Phi) is 8.33. The fourth-order valence-electron chi connectivity index (χ4n) is 4.09. The predicted octanol–water partition coefficient (Wildman–Crippen LogP) is 3.12. The third kappa shape index (κ3) is 7.26. The number of anilines is 1. The number of rotatable bonds is 8. The first-order valence-corrected chi connectivity index (χ1v) is 14.9. The molecular weight excluding hydrogens is 566 g/mol. The Balaban J connectivity index is 1.24. The summed E-state index contributed by atoms with van der Waals surface area (Å²) in [4.78, 5) is 61.8. The monoisotopic (exact) mass is 597 g/mol. The molecule has 3 aromatic rings. The van der Waals surface area contributed by atoms with E-state index < -0.39 is 35.5 Å². The van der Waals surface area contributed by atoms with Crippen molar-refractivity contribution < 1.29 is 23.9 Å². The van der Waals surface area contributed by atoms with Gasteiger partial charge in [0.25, 0.3) is 17.7 Å². The standard InChI is InChI=1S/C27H31N7O5S2/c1-27(2,3)33-25(38)31-21(16-8-9-40-12-16)24(37)34-14-39-11-20(34)23(36)32-26-30-19(13-41-26)18-7-4-15(10-28-18)22(35)29-17-5-6-17/h4,7-10,12-13,17,20-21H,5-6,11,14H2,1-3H3,(H,29,35)(H,30,32,36)(H2,31,33,38)/t20-,21+/m0/s1. The van der Waals surface area contributed by atoms with E-state index in [1.807, 2.05) is 26.2 Å². The molecular formula is C27H31N7O5S2. The maximum atomic E-state index is 13.6. The molecule has 3 aromatic heterocycles. The first-order valence-electron chi connectivity index (χ1n) is 13.1. The van der Waals surface area contributed by atoms with Crippen molar-refractivity contribution >= 4 is 51.6 Å². The minimum Gasteiger partial charge on any atom is -0.358 e. The molecule has 1 saturated carbocycles. The van der Waals surface area contributed by atoms with E-state index in [4.69, 9.17) is 4.74 Å². The highest BCUT2D eigenvalue weighted by molar-refractivity contribution is 7.14. The van der Waals surface area contributed by atoms with E-state index in [1.54, 1.807) is 29.0 Å². The lowest BCUT2D eigenvalue weighted by atomic mass is 10.1. The van der Waals surface area contributed by atoms with Crippen LogP contribution in [0.15, 0.2) is 40.5 Å². The van der Waals surface area contributed by atoms with Crippen molar-refractivity contribution in [2.24, 2.45) is 0 Å². The molecule has 0 unspecified atom stereocenters. The average Bonchev–Trinajstić information content (AvgIpc) is 3.35. The maximum absolute atomic E-state index is 13.6. The fraction of sp³-hybridized carbons (Fsp3) is 0.407. The third-order valence-electron chi connectivity index (χ3n) is 6.29. The number of ether oxygens (including phenoxy) is 1. The molecule has 2 fully saturated rings. The number of hydrogen-bond donors (Lipinski definition) is 4. The number of hydrogen-bond acceptors (Lipinski definition) is 9. The number of carbonyl (C=O) groups excluding carboxylic acids is 4. The van der Waals surface area contributed by atoms with E-state index in [-0.39, 0.29) is 25.3 Å². The van der Waals surface area contributed by atoms with Crippen molar-refractivity contribution in [1.82, 2.24) is 30.8 Å². The zero-order chi connectivity index (χ0) is 29.1. The van der Waals surface area contributed by atoms with Crippen molar-refractivity contribution in [3.63, 3.8) is 0 Å². The molecule has 1 aliphatic heterocycles. The minimum atomic E-state index is -0.993. The van der Waals surface area contributed by atoms with Crippen molar-refractivity contribution in [3.05, 3.63) is 51.7 Å². The first-order chi connectivity index (χ1) is 19.6. The quantitative estimate of drug-likeness (QED) is 0.311. The number of nitrogens with one attached hydrogen (secondary N) is 4. The summed E-state index contributed by atoms with van der Waals surface area (Å²) in [6, 6.07) is 3.02. The molecule has 12 nitrogen and oxygen atoms in total. The van der Waals surface area contributed by atoms with Gasteiger partial charge in [-0.25, -0.2) is 9.78 Å². The Labute approximate surface area is 244 Å². The van der Waals surface area contributed by atoms with Gasteiger partial charge >= 0.3 is 6.03 Å². The molecule has 0 aromatic carbocycles. The normalized spacial score (nSPS) is 17.5. The van der Waals surface area contributed by atoms with Crippen molar-refractivity contribution in [2.45, 2.75) is 57.3 Å². The van der Waals surface area contributed by atoms with Gasteiger partial charge in [-0.1, -0.05) is 0 Å². The lowest BCUT2D eigenvalue weighted by Crippen LogP contribution is -2.53. The van der Waals surface area contributed by atoms with Crippen LogP contribution in [0.4, 0.5) is 9.93 Å². The second kappa shape index (κ2) is 11.9. The van der Waals surface area contributed by atoms with Gasteiger partial charge in [0, 0.05) is 23.2 Å². The van der Waals surface area contributed by atoms with E-state index in [1.165, 1.54) is 33.8 Å². The smallest absolute Gasteiger partial charge is 0.316 e. The lowest BCUT2D eigenvalue weighted by molar-refractivity contribution is -0.139. The van der Waals surface area contributed by atoms with Crippen LogP contribution in [0.1, 0.15) is 55.6 Å². The summed E-state index contributed by atoms with van der Waals surface area (Å²) in [6.45, 7) is 5.44. The second-order valence-electron chi connectivity index (χ2n) is 10.9. The fourth-order valence-corrected chi connectivity index (χ4v) is 5.48. The van der Waals surface area contributed by atoms with Crippen LogP contribution in [0.2, 0.25) is 0 Å². The molecule has 14 heteroatoms. The van der Waals surface area contributed by atoms with Crippen LogP contribution in [0, 0.1) is 0 Å². The Morgan fingerprint density at radius 2 is 1.90 bits per heavy atom. The summed E-state index contributed by atoms with van der Waals surface area (Å²) in [5, 5.41) is 16.9. The van der Waals surface area contributed by atoms with E-state index in [9.17, 15) is 19.2 Å². The van der Waals surface area contributed by atoms with Crippen LogP contribution in [0.5, 0.6) is 0 Å². The van der Waals surface area contributed by atoms with Crippen LogP contribution in [0.3, 0.4) is 0 Å². The van der Waals surface area contributed by atoms with Crippen LogP contribution >= 0.6 is 22.7 Å². The van der Waals surface area contributed by atoms with Crippen LogP contribution in [0.25, 0.3) is 11.4 Å². The van der Waals surface area contributed by atoms with E-state index in [2.05, 4.69) is 31.2 Å². The Bertz CT molecular complexity index is 1410. The summed E-state index contributed by atoms with van der Waals surface area (Å²) in [5.41, 5.74) is 1.69. The summed E-state index contributed by atoms with van der Waals surface area (Å²) in [6.07, 6.45) is 3.51. The number of thiazole rings is 1. The van der Waals surface area contributed by atoms with E-state index in [0.717, 1.165) is 12.8 Å². The molecule has 2 atom stereocenters. The number of thiophene rings is 1. The topological polar surface area (TPSA) is 155 Å². The zero-order valence-corrected chi connectivity index (χ0v) is 24.4. The molecule has 4 N–H and O–H groups in total. The Hall–Kier alpha value is -3.88. The third-order valence-corrected chi connectivity index (χ3v) is 7.75. The highest BCUT2D eigenvalue weighted by atomic mass is 32.1. The van der Waals surface area contributed by atoms with Crippen LogP contribution in [-0.4, -0.2) is 69.6 Å². The predicted molar refractivity (Wildman–Crippen MR) is 154 cm³/mol. The molecule has 1 saturated heterocycles. The second-order valence-corrected chi connectivity index (χ2v) is 12.5. The number of pyridine rings is 1. The lowest BCUT2D eigenvalue weighted by Gasteiger charge is -2.28. The SMILES string of the molecule is CC(C)(C)NC(=O)N[C@@H](C(=O)N1COC[C@H]1C(=O)Nc1nc(-c2ccc(C(=O)NC3CC3)cn2)cs1)c1ccsc1. The highest BCUT2D eigenvalue weighted by Crippen LogP contribution is 2.26. The highest BCUT2D eigenvalue weighted by Gasteiger charge is 2.39. The molecule has 0 radical (unpaired) electrons. The van der Waals surface area contributed by atoms with Gasteiger partial charge in [-0.05, 0) is 68.1 Å². The number of carbonyl (C=O) groups is 4. The van der Waals surface area contributed by atoms with Gasteiger partial charge in [-0.3, -0.25) is 19.4 Å². The summed E-state index contributed by atoms with van der Waals surface area (Å²) >= 11 is 2.62. The molecule has 1 aliphatic carbocycles. The van der Waals surface area contributed by atoms with Gasteiger partial charge in [0.05, 0.1) is 17.9 Å². The number of nitrogens with zero attached hydrogens (tertiary/aromatic N) is 3. The van der Waals surface area contributed by atoms with Crippen molar-refractivity contribution in [1.29, 1.82) is 0 Å². The zero-order valence-electron chi connectivity index (χ0n) is 22.8. The van der Waals surface area contributed by atoms with Crippen LogP contribution in [-0.2, 0) is 14.3 Å². The number of urea groups is 1. The van der Waals surface area contributed by atoms with Crippen molar-refractivity contribution in [2.75, 3.05) is 18.7 Å².